The zero-order valence-corrected chi connectivity index (χ0v) is 13.7. The zero-order valence-electron chi connectivity index (χ0n) is 12.1. The fourth-order valence-electron chi connectivity index (χ4n) is 3.08. The van der Waals surface area contributed by atoms with Crippen LogP contribution in [0, 0.1) is 5.92 Å². The lowest BCUT2D eigenvalue weighted by molar-refractivity contribution is 0.100. The van der Waals surface area contributed by atoms with Crippen LogP contribution in [0.4, 0.5) is 5.69 Å². The first-order valence-corrected chi connectivity index (χ1v) is 8.51. The summed E-state index contributed by atoms with van der Waals surface area (Å²) in [6.45, 7) is 3.35. The number of rotatable bonds is 5. The number of nitrogens with two attached hydrogens (primary N) is 1. The molecule has 1 aromatic rings. The summed E-state index contributed by atoms with van der Waals surface area (Å²) in [4.78, 5) is 13.8. The van der Waals surface area contributed by atoms with Gasteiger partial charge in [-0.25, -0.2) is 0 Å². The van der Waals surface area contributed by atoms with Gasteiger partial charge in [0.25, 0.3) is 0 Å². The van der Waals surface area contributed by atoms with Gasteiger partial charge in [-0.2, -0.15) is 0 Å². The highest BCUT2D eigenvalue weighted by atomic mass is 79.9. The van der Waals surface area contributed by atoms with Crippen molar-refractivity contribution in [2.75, 3.05) is 24.5 Å². The van der Waals surface area contributed by atoms with Gasteiger partial charge in [0.15, 0.2) is 0 Å². The molecule has 114 valence electrons. The van der Waals surface area contributed by atoms with Crippen LogP contribution in [0.15, 0.2) is 22.7 Å². The Bertz CT molecular complexity index is 524. The van der Waals surface area contributed by atoms with Crippen LogP contribution in [-0.4, -0.2) is 31.6 Å². The molecule has 1 unspecified atom stereocenters. The monoisotopic (exact) mass is 351 g/mol. The van der Waals surface area contributed by atoms with E-state index in [1.165, 1.54) is 31.4 Å². The maximum absolute atomic E-state index is 11.3. The predicted octanol–water partition coefficient (Wildman–Crippen LogP) is 2.52. The molecular formula is C16H22BrN3O. The Morgan fingerprint density at radius 1 is 1.38 bits per heavy atom. The number of primary amides is 1. The average Bonchev–Trinajstić information content (AvgIpc) is 3.31. The summed E-state index contributed by atoms with van der Waals surface area (Å²) in [5, 5.41) is 3.49. The third-order valence-corrected chi connectivity index (χ3v) is 5.02. The van der Waals surface area contributed by atoms with Gasteiger partial charge in [-0.1, -0.05) is 0 Å². The Morgan fingerprint density at radius 2 is 2.19 bits per heavy atom. The van der Waals surface area contributed by atoms with Gasteiger partial charge in [0.2, 0.25) is 5.91 Å². The van der Waals surface area contributed by atoms with Crippen LogP contribution in [0.25, 0.3) is 0 Å². The lowest BCUT2D eigenvalue weighted by Crippen LogP contribution is -2.39. The molecule has 1 saturated carbocycles. The number of carbonyl (C=O) groups excluding carboxylic acids is 1. The van der Waals surface area contributed by atoms with Crippen molar-refractivity contribution in [3.8, 4) is 0 Å². The number of nitrogens with one attached hydrogen (secondary N) is 1. The Balaban J connectivity index is 1.78. The first-order chi connectivity index (χ1) is 10.1. The van der Waals surface area contributed by atoms with Crippen LogP contribution in [-0.2, 0) is 0 Å². The van der Waals surface area contributed by atoms with Gasteiger partial charge in [-0.05, 0) is 78.8 Å². The molecule has 1 atom stereocenters. The minimum atomic E-state index is -0.378. The first kappa shape index (κ1) is 14.9. The van der Waals surface area contributed by atoms with Crippen molar-refractivity contribution in [1.29, 1.82) is 0 Å². The highest BCUT2D eigenvalue weighted by Crippen LogP contribution is 2.37. The van der Waals surface area contributed by atoms with E-state index in [2.05, 4.69) is 26.1 Å². The van der Waals surface area contributed by atoms with E-state index < -0.39 is 0 Å². The third-order valence-electron chi connectivity index (χ3n) is 4.38. The van der Waals surface area contributed by atoms with Gasteiger partial charge in [-0.15, -0.1) is 0 Å². The van der Waals surface area contributed by atoms with E-state index in [-0.39, 0.29) is 5.91 Å². The predicted molar refractivity (Wildman–Crippen MR) is 88.6 cm³/mol. The number of hydrogen-bond acceptors (Lipinski definition) is 3. The quantitative estimate of drug-likeness (QED) is 0.856. The van der Waals surface area contributed by atoms with Crippen LogP contribution < -0.4 is 16.0 Å². The van der Waals surface area contributed by atoms with Crippen molar-refractivity contribution in [2.24, 2.45) is 11.7 Å². The summed E-state index contributed by atoms with van der Waals surface area (Å²) >= 11 is 3.61. The fourth-order valence-corrected chi connectivity index (χ4v) is 3.69. The summed E-state index contributed by atoms with van der Waals surface area (Å²) < 4.78 is 0.967. The van der Waals surface area contributed by atoms with Crippen molar-refractivity contribution in [2.45, 2.75) is 31.7 Å². The summed E-state index contributed by atoms with van der Waals surface area (Å²) in [5.74, 6) is 0.332. The van der Waals surface area contributed by atoms with Crippen molar-refractivity contribution < 1.29 is 4.79 Å². The number of benzene rings is 1. The van der Waals surface area contributed by atoms with Gasteiger partial charge in [0, 0.05) is 22.6 Å². The number of anilines is 1. The Kier molecular flexibility index (Phi) is 4.50. The van der Waals surface area contributed by atoms with Gasteiger partial charge >= 0.3 is 0 Å². The van der Waals surface area contributed by atoms with E-state index in [4.69, 9.17) is 5.73 Å². The average molecular weight is 352 g/mol. The molecule has 4 nitrogen and oxygen atoms in total. The number of halogens is 1. The second kappa shape index (κ2) is 6.36. The number of hydrogen-bond donors (Lipinski definition) is 2. The van der Waals surface area contributed by atoms with Crippen LogP contribution >= 0.6 is 15.9 Å². The molecule has 0 bridgehead atoms. The molecule has 3 rings (SSSR count). The van der Waals surface area contributed by atoms with Gasteiger partial charge in [-0.3, -0.25) is 4.79 Å². The lowest BCUT2D eigenvalue weighted by atomic mass is 9.98. The summed E-state index contributed by atoms with van der Waals surface area (Å²) in [5.41, 5.74) is 7.09. The van der Waals surface area contributed by atoms with Crippen molar-refractivity contribution in [3.63, 3.8) is 0 Å². The first-order valence-electron chi connectivity index (χ1n) is 7.72. The van der Waals surface area contributed by atoms with E-state index in [1.54, 1.807) is 0 Å². The maximum atomic E-state index is 11.3. The van der Waals surface area contributed by atoms with Gasteiger partial charge in [0.05, 0.1) is 5.69 Å². The standard InChI is InChI=1S/C16H22BrN3O/c17-14-8-12(16(18)21)3-6-15(14)20(13-4-5-13)10-11-2-1-7-19-9-11/h3,6,8,11,13,19H,1-2,4-5,7,9-10H2,(H2,18,21). The second-order valence-corrected chi connectivity index (χ2v) is 6.98. The van der Waals surface area contributed by atoms with E-state index in [1.807, 2.05) is 18.2 Å². The molecule has 2 fully saturated rings. The molecule has 0 aromatic heterocycles. The molecular weight excluding hydrogens is 330 g/mol. The largest absolute Gasteiger partial charge is 0.367 e. The number of amides is 1. The zero-order chi connectivity index (χ0) is 14.8. The smallest absolute Gasteiger partial charge is 0.248 e. The van der Waals surface area contributed by atoms with Gasteiger partial charge in [0.1, 0.15) is 0 Å². The second-order valence-electron chi connectivity index (χ2n) is 6.13. The summed E-state index contributed by atoms with van der Waals surface area (Å²) in [7, 11) is 0. The molecule has 2 aliphatic rings. The highest BCUT2D eigenvalue weighted by Gasteiger charge is 2.32. The number of piperidine rings is 1. The third kappa shape index (κ3) is 3.58. The molecule has 3 N–H and O–H groups in total. The molecule has 1 saturated heterocycles. The van der Waals surface area contributed by atoms with E-state index in [9.17, 15) is 4.79 Å². The Hall–Kier alpha value is -1.07. The molecule has 1 aliphatic carbocycles. The molecule has 1 amide bonds. The van der Waals surface area contributed by atoms with E-state index in [0.717, 1.165) is 24.1 Å². The highest BCUT2D eigenvalue weighted by molar-refractivity contribution is 9.10. The van der Waals surface area contributed by atoms with Crippen molar-refractivity contribution in [3.05, 3.63) is 28.2 Å². The maximum Gasteiger partial charge on any atom is 0.248 e. The molecule has 5 heteroatoms. The number of nitrogens with zero attached hydrogens (tertiary/aromatic N) is 1. The number of carbonyl (C=O) groups is 1. The SMILES string of the molecule is NC(=O)c1ccc(N(CC2CCCNC2)C2CC2)c(Br)c1. The molecule has 0 radical (unpaired) electrons. The van der Waals surface area contributed by atoms with E-state index in [0.29, 0.717) is 17.5 Å². The van der Waals surface area contributed by atoms with Gasteiger partial charge < -0.3 is 16.0 Å². The molecule has 1 heterocycles. The molecule has 21 heavy (non-hydrogen) atoms. The summed E-state index contributed by atoms with van der Waals surface area (Å²) in [6.07, 6.45) is 5.10. The minimum absolute atomic E-state index is 0.378. The van der Waals surface area contributed by atoms with Crippen LogP contribution in [0.2, 0.25) is 0 Å². The Labute approximate surface area is 134 Å². The summed E-state index contributed by atoms with van der Waals surface area (Å²) in [6, 6.07) is 6.35. The molecule has 1 aromatic carbocycles. The van der Waals surface area contributed by atoms with Crippen molar-refractivity contribution in [1.82, 2.24) is 5.32 Å². The molecule has 0 spiro atoms. The fraction of sp³-hybridized carbons (Fsp3) is 0.562. The Morgan fingerprint density at radius 3 is 2.76 bits per heavy atom. The van der Waals surface area contributed by atoms with Crippen LogP contribution in [0.1, 0.15) is 36.0 Å². The molecule has 1 aliphatic heterocycles. The normalized spacial score (nSPS) is 22.0. The topological polar surface area (TPSA) is 58.4 Å². The van der Waals surface area contributed by atoms with Crippen molar-refractivity contribution >= 4 is 27.5 Å². The van der Waals surface area contributed by atoms with Crippen LogP contribution in [0.5, 0.6) is 0 Å². The minimum Gasteiger partial charge on any atom is -0.367 e. The lowest BCUT2D eigenvalue weighted by Gasteiger charge is -2.32. The van der Waals surface area contributed by atoms with E-state index >= 15 is 0 Å². The van der Waals surface area contributed by atoms with Crippen LogP contribution in [0.3, 0.4) is 0 Å².